The molecule has 0 radical (unpaired) electrons. The quantitative estimate of drug-likeness (QED) is 0.564. The molecule has 0 aromatic heterocycles. The Morgan fingerprint density at radius 2 is 0.552 bits per heavy atom. The zero-order chi connectivity index (χ0) is 22.1. The molecule has 0 aliphatic heterocycles. The molecule has 0 aliphatic carbocycles. The van der Waals surface area contributed by atoms with Crippen LogP contribution in [0, 0.1) is 69.2 Å². The van der Waals surface area contributed by atoms with E-state index in [2.05, 4.69) is 0 Å². The van der Waals surface area contributed by atoms with Crippen LogP contribution in [0.4, 0.5) is 0 Å². The topological polar surface area (TPSA) is 74.6 Å². The van der Waals surface area contributed by atoms with Gasteiger partial charge in [0.1, 0.15) is 0 Å². The molecule has 4 nitrogen and oxygen atoms in total. The van der Waals surface area contributed by atoms with Gasteiger partial charge in [-0.25, -0.2) is 9.59 Å². The molecule has 29 heavy (non-hydrogen) atoms. The monoisotopic (exact) mass is 448 g/mol. The van der Waals surface area contributed by atoms with Gasteiger partial charge in [-0.15, -0.1) is 0 Å². The van der Waals surface area contributed by atoms with E-state index in [4.69, 9.17) is 10.2 Å². The van der Waals surface area contributed by atoms with E-state index in [0.29, 0.717) is 11.1 Å². The molecule has 0 saturated carbocycles. The summed E-state index contributed by atoms with van der Waals surface area (Å²) in [6.07, 6.45) is 0. The Hall–Kier alpha value is -2.00. The van der Waals surface area contributed by atoms with Crippen molar-refractivity contribution in [3.05, 3.63) is 66.8 Å². The van der Waals surface area contributed by atoms with Crippen LogP contribution >= 0.6 is 0 Å². The van der Waals surface area contributed by atoms with Crippen LogP contribution in [-0.4, -0.2) is 22.2 Å². The number of hydrogen-bond acceptors (Lipinski definition) is 2. The van der Waals surface area contributed by atoms with Crippen LogP contribution in [0.5, 0.6) is 0 Å². The smallest absolute Gasteiger partial charge is 0.336 e. The minimum Gasteiger partial charge on any atom is -0.478 e. The van der Waals surface area contributed by atoms with Crippen molar-refractivity contribution in [3.8, 4) is 0 Å². The van der Waals surface area contributed by atoms with E-state index in [1.54, 1.807) is 0 Å². The summed E-state index contributed by atoms with van der Waals surface area (Å²) in [5, 5.41) is 18.2. The van der Waals surface area contributed by atoms with Gasteiger partial charge in [0.15, 0.2) is 0 Å². The second-order valence-electron chi connectivity index (χ2n) is 7.61. The number of carbonyl (C=O) groups is 2. The van der Waals surface area contributed by atoms with Crippen molar-refractivity contribution < 1.29 is 39.3 Å². The summed E-state index contributed by atoms with van der Waals surface area (Å²) in [5.74, 6) is -1.66. The summed E-state index contributed by atoms with van der Waals surface area (Å²) < 4.78 is 0. The maximum atomic E-state index is 11.1. The van der Waals surface area contributed by atoms with Gasteiger partial charge in [0.2, 0.25) is 0 Å². The van der Waals surface area contributed by atoms with E-state index >= 15 is 0 Å². The maximum Gasteiger partial charge on any atom is 0.336 e. The number of carboxylic acids is 2. The summed E-state index contributed by atoms with van der Waals surface area (Å²) in [6, 6.07) is 0. The van der Waals surface area contributed by atoms with Gasteiger partial charge in [-0.2, -0.15) is 0 Å². The number of hydrogen-bond donors (Lipinski definition) is 2. The average molecular weight is 450 g/mol. The van der Waals surface area contributed by atoms with Crippen molar-refractivity contribution in [1.29, 1.82) is 0 Å². The molecule has 0 heterocycles. The molecular formula is C24H32O4Zn. The van der Waals surface area contributed by atoms with Crippen molar-refractivity contribution in [1.82, 2.24) is 0 Å². The SMILES string of the molecule is Cc1c(C)c(C)c(C(=O)O)c(C)c1C.Cc1c(C)c(C)c(C(=O)O)c(C)c1C.[Zn]. The molecule has 0 atom stereocenters. The summed E-state index contributed by atoms with van der Waals surface area (Å²) in [6.45, 7) is 19.5. The van der Waals surface area contributed by atoms with E-state index < -0.39 is 11.9 Å². The van der Waals surface area contributed by atoms with Gasteiger partial charge in [-0.3, -0.25) is 0 Å². The molecule has 0 spiro atoms. The predicted molar refractivity (Wildman–Crippen MR) is 114 cm³/mol. The third kappa shape index (κ3) is 5.14. The van der Waals surface area contributed by atoms with E-state index in [9.17, 15) is 9.59 Å². The molecule has 2 aromatic rings. The first kappa shape index (κ1) is 27.0. The standard InChI is InChI=1S/2C12H16O2.Zn/c2*1-6-7(2)9(4)11(12(13)14)10(5)8(6)3;/h2*1-5H3,(H,13,14);. The Morgan fingerprint density at radius 1 is 0.414 bits per heavy atom. The molecule has 0 saturated heterocycles. The Kier molecular flexibility index (Phi) is 9.46. The van der Waals surface area contributed by atoms with Crippen LogP contribution in [0.1, 0.15) is 76.4 Å². The molecular weight excluding hydrogens is 418 g/mol. The molecule has 0 fully saturated rings. The molecule has 2 N–H and O–H groups in total. The molecule has 5 heteroatoms. The van der Waals surface area contributed by atoms with Crippen LogP contribution in [0.15, 0.2) is 0 Å². The van der Waals surface area contributed by atoms with Gasteiger partial charge < -0.3 is 10.2 Å². The van der Waals surface area contributed by atoms with Crippen molar-refractivity contribution in [2.45, 2.75) is 69.2 Å². The number of aromatic carboxylic acids is 2. The summed E-state index contributed by atoms with van der Waals surface area (Å²) in [5.41, 5.74) is 11.2. The Bertz CT molecular complexity index is 834. The predicted octanol–water partition coefficient (Wildman–Crippen LogP) is 5.85. The molecule has 0 unspecified atom stereocenters. The second kappa shape index (κ2) is 10.2. The van der Waals surface area contributed by atoms with Crippen molar-refractivity contribution in [3.63, 3.8) is 0 Å². The summed E-state index contributed by atoms with van der Waals surface area (Å²) in [7, 11) is 0. The van der Waals surface area contributed by atoms with Crippen molar-refractivity contribution >= 4 is 11.9 Å². The van der Waals surface area contributed by atoms with Crippen LogP contribution in [0.2, 0.25) is 0 Å². The van der Waals surface area contributed by atoms with Crippen LogP contribution in [-0.2, 0) is 19.5 Å². The molecule has 0 aliphatic rings. The average Bonchev–Trinajstić information content (AvgIpc) is 2.61. The molecule has 154 valence electrons. The van der Waals surface area contributed by atoms with Crippen LogP contribution in [0.25, 0.3) is 0 Å². The van der Waals surface area contributed by atoms with Crippen molar-refractivity contribution in [2.24, 2.45) is 0 Å². The van der Waals surface area contributed by atoms with Gasteiger partial charge in [-0.05, 0) is 125 Å². The third-order valence-corrected chi connectivity index (χ3v) is 6.43. The van der Waals surface area contributed by atoms with Crippen LogP contribution < -0.4 is 0 Å². The second-order valence-corrected chi connectivity index (χ2v) is 7.61. The minimum absolute atomic E-state index is 0. The fourth-order valence-electron chi connectivity index (χ4n) is 3.64. The first-order valence-electron chi connectivity index (χ1n) is 9.36. The number of benzene rings is 2. The zero-order valence-electron chi connectivity index (χ0n) is 19.4. The Balaban J connectivity index is 0.000000523. The zero-order valence-corrected chi connectivity index (χ0v) is 22.4. The summed E-state index contributed by atoms with van der Waals surface area (Å²) in [4.78, 5) is 22.1. The first-order valence-corrected chi connectivity index (χ1v) is 9.36. The van der Waals surface area contributed by atoms with Gasteiger partial charge >= 0.3 is 11.9 Å². The molecule has 2 rings (SSSR count). The Labute approximate surface area is 187 Å². The maximum absolute atomic E-state index is 11.1. The first-order chi connectivity index (χ1) is 12.7. The largest absolute Gasteiger partial charge is 0.478 e. The van der Waals surface area contributed by atoms with Crippen LogP contribution in [0.3, 0.4) is 0 Å². The minimum atomic E-state index is -0.828. The molecule has 0 amide bonds. The third-order valence-electron chi connectivity index (χ3n) is 6.43. The van der Waals surface area contributed by atoms with Gasteiger partial charge in [0, 0.05) is 19.5 Å². The molecule has 2 aromatic carbocycles. The van der Waals surface area contributed by atoms with E-state index in [0.717, 1.165) is 44.5 Å². The fourth-order valence-corrected chi connectivity index (χ4v) is 3.64. The fraction of sp³-hybridized carbons (Fsp3) is 0.417. The van der Waals surface area contributed by atoms with E-state index in [-0.39, 0.29) is 19.5 Å². The van der Waals surface area contributed by atoms with Gasteiger partial charge in [-0.1, -0.05) is 0 Å². The van der Waals surface area contributed by atoms with E-state index in [1.165, 1.54) is 11.1 Å². The van der Waals surface area contributed by atoms with E-state index in [1.807, 2.05) is 69.2 Å². The summed E-state index contributed by atoms with van der Waals surface area (Å²) >= 11 is 0. The molecule has 0 bridgehead atoms. The Morgan fingerprint density at radius 3 is 0.690 bits per heavy atom. The van der Waals surface area contributed by atoms with Gasteiger partial charge in [0.05, 0.1) is 11.1 Å². The van der Waals surface area contributed by atoms with Crippen molar-refractivity contribution in [2.75, 3.05) is 0 Å². The number of carboxylic acid groups (broad SMARTS) is 2. The van der Waals surface area contributed by atoms with Gasteiger partial charge in [0.25, 0.3) is 0 Å². The number of rotatable bonds is 2. The normalized spacial score (nSPS) is 10.0.